The number of carboxylic acids is 1. The van der Waals surface area contributed by atoms with Gasteiger partial charge in [-0.1, -0.05) is 13.8 Å². The molecule has 14 nitrogen and oxygen atoms in total. The molecule has 2 fully saturated rings. The lowest BCUT2D eigenvalue weighted by Gasteiger charge is -2.52. The molecule has 3 aliphatic rings. The van der Waals surface area contributed by atoms with Crippen molar-refractivity contribution in [2.75, 3.05) is 55.7 Å². The van der Waals surface area contributed by atoms with Gasteiger partial charge < -0.3 is 49.0 Å². The normalized spacial score (nSPS) is 24.3. The van der Waals surface area contributed by atoms with E-state index in [-0.39, 0.29) is 35.3 Å². The second-order valence-corrected chi connectivity index (χ2v) is 13.8. The number of hydrogen-bond acceptors (Lipinski definition) is 12. The van der Waals surface area contributed by atoms with Crippen LogP contribution in [0.1, 0.15) is 54.3 Å². The highest BCUT2D eigenvalue weighted by atomic mass is 16.6. The Morgan fingerprint density at radius 2 is 1.63 bits per heavy atom. The SMILES string of the molecule is CC(C)[C@H](N)C(=O)O.COC(=O)[C@H]1[C@H]2C[C@@H]3c4[nH]c5cc(OC)ccc5c4CCN3C[C@H]2C[C@@H](OC(=O)c2cc(OC)c(OC)c(OC)c2)[C@@H]1OC. The highest BCUT2D eigenvalue weighted by Crippen LogP contribution is 2.51. The van der Waals surface area contributed by atoms with Gasteiger partial charge in [-0.05, 0) is 66.8 Å². The summed E-state index contributed by atoms with van der Waals surface area (Å²) < 4.78 is 39.1. The van der Waals surface area contributed by atoms with Crippen molar-refractivity contribution in [1.29, 1.82) is 0 Å². The lowest BCUT2D eigenvalue weighted by molar-refractivity contribution is -0.176. The zero-order chi connectivity index (χ0) is 37.9. The van der Waals surface area contributed by atoms with E-state index >= 15 is 0 Å². The van der Waals surface area contributed by atoms with E-state index in [2.05, 4.69) is 16.0 Å². The molecular formula is C38H51N3O11. The van der Waals surface area contributed by atoms with Gasteiger partial charge in [0.05, 0.1) is 53.1 Å². The molecule has 0 unspecified atom stereocenters. The minimum absolute atomic E-state index is 0.0170. The van der Waals surface area contributed by atoms with Gasteiger partial charge in [-0.2, -0.15) is 0 Å². The number of methoxy groups -OCH3 is 6. The highest BCUT2D eigenvalue weighted by Gasteiger charge is 2.54. The number of piperidine rings is 1. The number of fused-ring (bicyclic) bond motifs is 6. The third-order valence-corrected chi connectivity index (χ3v) is 10.8. The molecule has 1 saturated heterocycles. The zero-order valence-corrected chi connectivity index (χ0v) is 31.1. The molecule has 3 aromatic rings. The topological polar surface area (TPSA) is 181 Å². The molecule has 284 valence electrons. The predicted octanol–water partition coefficient (Wildman–Crippen LogP) is 4.23. The number of aromatic nitrogens is 1. The summed E-state index contributed by atoms with van der Waals surface area (Å²) in [7, 11) is 9.10. The Kier molecular flexibility index (Phi) is 12.2. The second kappa shape index (κ2) is 16.4. The van der Waals surface area contributed by atoms with Gasteiger partial charge in [0.1, 0.15) is 24.0 Å². The molecule has 1 aliphatic carbocycles. The number of benzene rings is 2. The molecule has 3 heterocycles. The third-order valence-electron chi connectivity index (χ3n) is 10.8. The van der Waals surface area contributed by atoms with Crippen LogP contribution in [-0.4, -0.2) is 107 Å². The van der Waals surface area contributed by atoms with Crippen molar-refractivity contribution in [1.82, 2.24) is 9.88 Å². The molecule has 0 amide bonds. The number of rotatable bonds is 10. The highest BCUT2D eigenvalue weighted by molar-refractivity contribution is 5.91. The van der Waals surface area contributed by atoms with Gasteiger partial charge in [0, 0.05) is 42.9 Å². The average molecular weight is 726 g/mol. The second-order valence-electron chi connectivity index (χ2n) is 13.8. The fourth-order valence-corrected chi connectivity index (χ4v) is 8.05. The molecule has 0 radical (unpaired) electrons. The Morgan fingerprint density at radius 3 is 2.17 bits per heavy atom. The number of aliphatic carboxylic acids is 1. The monoisotopic (exact) mass is 725 g/mol. The molecule has 0 bridgehead atoms. The van der Waals surface area contributed by atoms with Crippen LogP contribution in [0, 0.1) is 23.7 Å². The van der Waals surface area contributed by atoms with Crippen molar-refractivity contribution in [3.8, 4) is 23.0 Å². The van der Waals surface area contributed by atoms with Crippen LogP contribution in [0.5, 0.6) is 23.0 Å². The van der Waals surface area contributed by atoms with Gasteiger partial charge in [0.25, 0.3) is 0 Å². The number of carbonyl (C=O) groups is 3. The molecule has 14 heteroatoms. The number of esters is 2. The predicted molar refractivity (Wildman–Crippen MR) is 191 cm³/mol. The maximum absolute atomic E-state index is 13.5. The number of ether oxygens (including phenoxy) is 7. The molecule has 52 heavy (non-hydrogen) atoms. The van der Waals surface area contributed by atoms with Crippen molar-refractivity contribution < 1.29 is 52.6 Å². The van der Waals surface area contributed by atoms with Crippen LogP contribution < -0.4 is 24.7 Å². The number of H-pyrrole nitrogens is 1. The van der Waals surface area contributed by atoms with Gasteiger partial charge in [-0.3, -0.25) is 14.5 Å². The first-order chi connectivity index (χ1) is 24.9. The van der Waals surface area contributed by atoms with Gasteiger partial charge in [-0.15, -0.1) is 0 Å². The number of nitrogens with one attached hydrogen (secondary N) is 1. The van der Waals surface area contributed by atoms with Crippen molar-refractivity contribution in [3.63, 3.8) is 0 Å². The van der Waals surface area contributed by atoms with E-state index in [1.54, 1.807) is 40.2 Å². The number of carboxylic acid groups (broad SMARTS) is 1. The fraction of sp³-hybridized carbons (Fsp3) is 0.553. The summed E-state index contributed by atoms with van der Waals surface area (Å²) in [5, 5.41) is 9.44. The Hall–Kier alpha value is -4.53. The van der Waals surface area contributed by atoms with Crippen LogP contribution >= 0.6 is 0 Å². The Labute approximate surface area is 303 Å². The van der Waals surface area contributed by atoms with Crippen molar-refractivity contribution in [3.05, 3.63) is 47.2 Å². The maximum Gasteiger partial charge on any atom is 0.338 e. The first-order valence-corrected chi connectivity index (χ1v) is 17.4. The summed E-state index contributed by atoms with van der Waals surface area (Å²) in [6.45, 7) is 5.24. The van der Waals surface area contributed by atoms with Crippen molar-refractivity contribution >= 4 is 28.8 Å². The third kappa shape index (κ3) is 7.50. The Bertz CT molecular complexity index is 1730. The van der Waals surface area contributed by atoms with Crippen LogP contribution in [-0.2, 0) is 30.2 Å². The van der Waals surface area contributed by atoms with Gasteiger partial charge in [0.15, 0.2) is 11.5 Å². The summed E-state index contributed by atoms with van der Waals surface area (Å²) in [6.07, 6.45) is 0.920. The molecule has 7 atom stereocenters. The number of hydrogen-bond donors (Lipinski definition) is 3. The lowest BCUT2D eigenvalue weighted by atomic mass is 9.63. The van der Waals surface area contributed by atoms with E-state index in [9.17, 15) is 14.4 Å². The van der Waals surface area contributed by atoms with Crippen molar-refractivity contribution in [2.45, 2.75) is 57.4 Å². The Balaban J connectivity index is 0.000000587. The van der Waals surface area contributed by atoms with E-state index in [0.717, 1.165) is 37.2 Å². The minimum Gasteiger partial charge on any atom is -0.497 e. The van der Waals surface area contributed by atoms with E-state index in [1.807, 2.05) is 12.1 Å². The molecule has 2 aromatic carbocycles. The summed E-state index contributed by atoms with van der Waals surface area (Å²) in [5.41, 5.74) is 8.99. The molecule has 1 saturated carbocycles. The van der Waals surface area contributed by atoms with Crippen LogP contribution in [0.4, 0.5) is 0 Å². The summed E-state index contributed by atoms with van der Waals surface area (Å²) in [5.74, 6) is -0.469. The number of nitrogens with zero attached hydrogens (tertiary/aromatic N) is 1. The smallest absolute Gasteiger partial charge is 0.338 e. The number of aromatic amines is 1. The lowest BCUT2D eigenvalue weighted by Crippen LogP contribution is -2.58. The molecule has 0 spiro atoms. The minimum atomic E-state index is -0.931. The van der Waals surface area contributed by atoms with Crippen molar-refractivity contribution in [2.24, 2.45) is 29.4 Å². The first kappa shape index (κ1) is 38.7. The average Bonchev–Trinajstić information content (AvgIpc) is 3.53. The van der Waals surface area contributed by atoms with E-state index < -0.39 is 36.1 Å². The summed E-state index contributed by atoms with van der Waals surface area (Å²) >= 11 is 0. The largest absolute Gasteiger partial charge is 0.497 e. The van der Waals surface area contributed by atoms with Gasteiger partial charge >= 0.3 is 17.9 Å². The zero-order valence-electron chi connectivity index (χ0n) is 31.1. The summed E-state index contributed by atoms with van der Waals surface area (Å²) in [6, 6.07) is 8.68. The van der Waals surface area contributed by atoms with Crippen LogP contribution in [0.25, 0.3) is 10.9 Å². The molecule has 2 aliphatic heterocycles. The van der Waals surface area contributed by atoms with Crippen LogP contribution in [0.3, 0.4) is 0 Å². The maximum atomic E-state index is 13.5. The molecule has 4 N–H and O–H groups in total. The van der Waals surface area contributed by atoms with E-state index in [4.69, 9.17) is 44.0 Å². The van der Waals surface area contributed by atoms with Crippen LogP contribution in [0.2, 0.25) is 0 Å². The van der Waals surface area contributed by atoms with Gasteiger partial charge in [0.2, 0.25) is 5.75 Å². The standard InChI is InChI=1S/C33H40N2O9.C5H11NO2/c1-38-19-7-8-20-21-9-10-35-16-18-13-27(44-32(36)17-11-25(39-2)30(41-4)26(12-17)40-3)31(42-5)28(33(37)43-6)22(18)15-24(35)29(21)34-23(20)14-19;1-3(2)4(6)5(7)8/h7-8,11-12,14,18,22,24,27-28,31,34H,9-10,13,15-16H2,1-6H3;3-4H,6H2,1-2H3,(H,7,8)/t18-,22+,24-,27-,28+,31+;4-/m10/s1. The van der Waals surface area contributed by atoms with E-state index in [0.29, 0.717) is 23.7 Å². The molecular weight excluding hydrogens is 674 g/mol. The molecule has 1 aromatic heterocycles. The molecule has 6 rings (SSSR count). The van der Waals surface area contributed by atoms with Crippen LogP contribution in [0.15, 0.2) is 30.3 Å². The number of carbonyl (C=O) groups excluding carboxylic acids is 2. The first-order valence-electron chi connectivity index (χ1n) is 17.4. The summed E-state index contributed by atoms with van der Waals surface area (Å²) in [4.78, 5) is 43.2. The number of nitrogens with two attached hydrogens (primary N) is 1. The Morgan fingerprint density at radius 1 is 0.942 bits per heavy atom. The van der Waals surface area contributed by atoms with E-state index in [1.165, 1.54) is 45.1 Å². The quantitative estimate of drug-likeness (QED) is 0.253. The van der Waals surface area contributed by atoms with Gasteiger partial charge in [-0.25, -0.2) is 4.79 Å². The fourth-order valence-electron chi connectivity index (χ4n) is 8.05.